The Kier molecular flexibility index (Phi) is 4.64. The standard InChI is InChI=1S/C18H23FN2O2/c1-12-5-4-8-15(17(12)19)18(23)20-10-13-9-16(22)21(11-13)14-6-2-3-7-14/h4-5,8,13-14H,2-3,6-7,9-11H2,1H3,(H,20,23)/t13-/m1/s1. The van der Waals surface area contributed by atoms with Crippen molar-refractivity contribution in [3.8, 4) is 0 Å². The van der Waals surface area contributed by atoms with Gasteiger partial charge in [0.05, 0.1) is 5.56 Å². The first-order valence-corrected chi connectivity index (χ1v) is 8.39. The monoisotopic (exact) mass is 318 g/mol. The highest BCUT2D eigenvalue weighted by atomic mass is 19.1. The van der Waals surface area contributed by atoms with Crippen LogP contribution in [0.1, 0.15) is 48.0 Å². The molecule has 23 heavy (non-hydrogen) atoms. The molecule has 0 aromatic heterocycles. The van der Waals surface area contributed by atoms with Gasteiger partial charge in [-0.05, 0) is 31.4 Å². The van der Waals surface area contributed by atoms with E-state index in [0.29, 0.717) is 31.1 Å². The molecular formula is C18H23FN2O2. The van der Waals surface area contributed by atoms with Crippen LogP contribution in [0.2, 0.25) is 0 Å². The van der Waals surface area contributed by atoms with Crippen molar-refractivity contribution < 1.29 is 14.0 Å². The van der Waals surface area contributed by atoms with Crippen LogP contribution >= 0.6 is 0 Å². The predicted octanol–water partition coefficient (Wildman–Crippen LogP) is 2.66. The van der Waals surface area contributed by atoms with E-state index in [9.17, 15) is 14.0 Å². The van der Waals surface area contributed by atoms with Gasteiger partial charge in [0, 0.05) is 31.5 Å². The number of carbonyl (C=O) groups is 2. The van der Waals surface area contributed by atoms with Crippen LogP contribution in [0.5, 0.6) is 0 Å². The van der Waals surface area contributed by atoms with Crippen LogP contribution in [0.4, 0.5) is 4.39 Å². The van der Waals surface area contributed by atoms with Gasteiger partial charge in [-0.15, -0.1) is 0 Å². The Hall–Kier alpha value is -1.91. The number of nitrogens with zero attached hydrogens (tertiary/aromatic N) is 1. The molecule has 5 heteroatoms. The Morgan fingerprint density at radius 2 is 2.09 bits per heavy atom. The SMILES string of the molecule is Cc1cccc(C(=O)NC[C@H]2CC(=O)N(C3CCCC3)C2)c1F. The summed E-state index contributed by atoms with van der Waals surface area (Å²) in [5, 5.41) is 2.78. The maximum absolute atomic E-state index is 14.0. The molecule has 124 valence electrons. The van der Waals surface area contributed by atoms with Crippen molar-refractivity contribution in [1.29, 1.82) is 0 Å². The minimum Gasteiger partial charge on any atom is -0.352 e. The van der Waals surface area contributed by atoms with Crippen molar-refractivity contribution in [1.82, 2.24) is 10.2 Å². The third-order valence-electron chi connectivity index (χ3n) is 4.99. The molecule has 1 aliphatic heterocycles. The maximum Gasteiger partial charge on any atom is 0.254 e. The van der Waals surface area contributed by atoms with Crippen LogP contribution in [0.3, 0.4) is 0 Å². The number of nitrogens with one attached hydrogen (secondary N) is 1. The normalized spacial score (nSPS) is 21.9. The first kappa shape index (κ1) is 16.0. The van der Waals surface area contributed by atoms with Gasteiger partial charge in [-0.2, -0.15) is 0 Å². The molecule has 1 saturated heterocycles. The Balaban J connectivity index is 1.55. The lowest BCUT2D eigenvalue weighted by atomic mass is 10.1. The molecule has 1 aliphatic carbocycles. The number of likely N-dealkylation sites (tertiary alicyclic amines) is 1. The van der Waals surface area contributed by atoms with E-state index in [1.807, 2.05) is 4.90 Å². The fourth-order valence-corrected chi connectivity index (χ4v) is 3.67. The Morgan fingerprint density at radius 1 is 1.35 bits per heavy atom. The van der Waals surface area contributed by atoms with Gasteiger partial charge in [0.2, 0.25) is 5.91 Å². The molecule has 0 spiro atoms. The van der Waals surface area contributed by atoms with E-state index in [2.05, 4.69) is 5.32 Å². The van der Waals surface area contributed by atoms with Crippen LogP contribution in [-0.2, 0) is 4.79 Å². The highest BCUT2D eigenvalue weighted by molar-refractivity contribution is 5.94. The van der Waals surface area contributed by atoms with Crippen molar-refractivity contribution in [2.75, 3.05) is 13.1 Å². The average Bonchev–Trinajstić information content (AvgIpc) is 3.17. The third-order valence-corrected chi connectivity index (χ3v) is 4.99. The van der Waals surface area contributed by atoms with Crippen molar-refractivity contribution >= 4 is 11.8 Å². The average molecular weight is 318 g/mol. The fraction of sp³-hybridized carbons (Fsp3) is 0.556. The number of aryl methyl sites for hydroxylation is 1. The van der Waals surface area contributed by atoms with Crippen LogP contribution in [0, 0.1) is 18.7 Å². The second-order valence-electron chi connectivity index (χ2n) is 6.70. The van der Waals surface area contributed by atoms with Crippen molar-refractivity contribution in [3.63, 3.8) is 0 Å². The molecule has 2 fully saturated rings. The number of amides is 2. The quantitative estimate of drug-likeness (QED) is 0.928. The smallest absolute Gasteiger partial charge is 0.254 e. The summed E-state index contributed by atoms with van der Waals surface area (Å²) in [4.78, 5) is 26.3. The first-order chi connectivity index (χ1) is 11.1. The van der Waals surface area contributed by atoms with E-state index in [4.69, 9.17) is 0 Å². The second kappa shape index (κ2) is 6.69. The second-order valence-corrected chi connectivity index (χ2v) is 6.70. The van der Waals surface area contributed by atoms with Gasteiger partial charge in [0.25, 0.3) is 5.91 Å². The van der Waals surface area contributed by atoms with E-state index in [0.717, 1.165) is 12.8 Å². The zero-order valence-corrected chi connectivity index (χ0v) is 13.5. The molecule has 4 nitrogen and oxygen atoms in total. The predicted molar refractivity (Wildman–Crippen MR) is 85.5 cm³/mol. The molecule has 1 heterocycles. The molecule has 1 atom stereocenters. The highest BCUT2D eigenvalue weighted by Gasteiger charge is 2.35. The number of benzene rings is 1. The van der Waals surface area contributed by atoms with Crippen LogP contribution in [0.15, 0.2) is 18.2 Å². The highest BCUT2D eigenvalue weighted by Crippen LogP contribution is 2.29. The maximum atomic E-state index is 14.0. The molecule has 2 amide bonds. The van der Waals surface area contributed by atoms with Gasteiger partial charge < -0.3 is 10.2 Å². The van der Waals surface area contributed by atoms with Gasteiger partial charge >= 0.3 is 0 Å². The molecule has 0 radical (unpaired) electrons. The molecule has 2 aliphatic rings. The van der Waals surface area contributed by atoms with Gasteiger partial charge in [0.15, 0.2) is 0 Å². The number of hydrogen-bond donors (Lipinski definition) is 1. The van der Waals surface area contributed by atoms with Gasteiger partial charge in [-0.1, -0.05) is 25.0 Å². The largest absolute Gasteiger partial charge is 0.352 e. The van der Waals surface area contributed by atoms with Crippen molar-refractivity contribution in [2.24, 2.45) is 5.92 Å². The summed E-state index contributed by atoms with van der Waals surface area (Å²) < 4.78 is 14.0. The van der Waals surface area contributed by atoms with Crippen LogP contribution < -0.4 is 5.32 Å². The van der Waals surface area contributed by atoms with E-state index in [1.54, 1.807) is 19.1 Å². The molecule has 0 bridgehead atoms. The zero-order chi connectivity index (χ0) is 16.4. The van der Waals surface area contributed by atoms with E-state index >= 15 is 0 Å². The molecule has 1 N–H and O–H groups in total. The molecule has 1 aromatic rings. The van der Waals surface area contributed by atoms with E-state index in [-0.39, 0.29) is 17.4 Å². The summed E-state index contributed by atoms with van der Waals surface area (Å²) in [5.74, 6) is -0.559. The number of rotatable bonds is 4. The summed E-state index contributed by atoms with van der Waals surface area (Å²) in [7, 11) is 0. The number of carbonyl (C=O) groups excluding carboxylic acids is 2. The summed E-state index contributed by atoms with van der Waals surface area (Å²) in [6.07, 6.45) is 5.07. The summed E-state index contributed by atoms with van der Waals surface area (Å²) in [6.45, 7) is 2.77. The molecule has 1 aromatic carbocycles. The minimum atomic E-state index is -0.472. The molecule has 0 unspecified atom stereocenters. The van der Waals surface area contributed by atoms with Crippen molar-refractivity contribution in [3.05, 3.63) is 35.1 Å². The van der Waals surface area contributed by atoms with Crippen LogP contribution in [0.25, 0.3) is 0 Å². The molecular weight excluding hydrogens is 295 g/mol. The molecule has 1 saturated carbocycles. The lowest BCUT2D eigenvalue weighted by Gasteiger charge is -2.24. The lowest BCUT2D eigenvalue weighted by Crippen LogP contribution is -2.36. The van der Waals surface area contributed by atoms with Crippen molar-refractivity contribution in [2.45, 2.75) is 45.1 Å². The Morgan fingerprint density at radius 3 is 2.83 bits per heavy atom. The molecule has 3 rings (SSSR count). The van der Waals surface area contributed by atoms with E-state index < -0.39 is 11.7 Å². The summed E-state index contributed by atoms with van der Waals surface area (Å²) in [5.41, 5.74) is 0.531. The summed E-state index contributed by atoms with van der Waals surface area (Å²) >= 11 is 0. The van der Waals surface area contributed by atoms with E-state index in [1.165, 1.54) is 18.9 Å². The lowest BCUT2D eigenvalue weighted by molar-refractivity contribution is -0.129. The zero-order valence-electron chi connectivity index (χ0n) is 13.5. The van der Waals surface area contributed by atoms with Gasteiger partial charge in [-0.25, -0.2) is 4.39 Å². The topological polar surface area (TPSA) is 49.4 Å². The fourth-order valence-electron chi connectivity index (χ4n) is 3.67. The first-order valence-electron chi connectivity index (χ1n) is 8.39. The minimum absolute atomic E-state index is 0.0713. The Bertz CT molecular complexity index is 611. The van der Waals surface area contributed by atoms with Gasteiger partial charge in [0.1, 0.15) is 5.82 Å². The summed E-state index contributed by atoms with van der Waals surface area (Å²) in [6, 6.07) is 5.19. The number of halogens is 1. The van der Waals surface area contributed by atoms with Crippen LogP contribution in [-0.4, -0.2) is 35.8 Å². The number of hydrogen-bond acceptors (Lipinski definition) is 2. The third kappa shape index (κ3) is 3.38. The Labute approximate surface area is 136 Å². The van der Waals surface area contributed by atoms with Gasteiger partial charge in [-0.3, -0.25) is 9.59 Å².